The van der Waals surface area contributed by atoms with Crippen molar-refractivity contribution in [3.8, 4) is 0 Å². The van der Waals surface area contributed by atoms with Gasteiger partial charge >= 0.3 is 0 Å². The zero-order valence-corrected chi connectivity index (χ0v) is 13.6. The third kappa shape index (κ3) is 3.58. The van der Waals surface area contributed by atoms with Crippen LogP contribution in [-0.4, -0.2) is 13.1 Å². The van der Waals surface area contributed by atoms with Gasteiger partial charge in [-0.3, -0.25) is 0 Å². The topological polar surface area (TPSA) is 3.24 Å². The summed E-state index contributed by atoms with van der Waals surface area (Å²) in [7, 11) is 2.16. The number of hydrogen-bond donors (Lipinski definition) is 0. The number of rotatable bonds is 3. The number of halogens is 2. The Bertz CT molecular complexity index is 432. The summed E-state index contributed by atoms with van der Waals surface area (Å²) in [4.78, 5) is 2.34. The molecule has 106 valence electrons. The summed E-state index contributed by atoms with van der Waals surface area (Å²) in [5.74, 6) is 0.515. The minimum absolute atomic E-state index is 0.504. The molecule has 1 aromatic rings. The average Bonchev–Trinajstić information content (AvgIpc) is 2.37. The molecule has 1 aliphatic rings. The zero-order valence-electron chi connectivity index (χ0n) is 12.0. The molecule has 1 nitrogen and oxygen atoms in total. The van der Waals surface area contributed by atoms with E-state index in [0.29, 0.717) is 17.3 Å². The summed E-state index contributed by atoms with van der Waals surface area (Å²) in [6.45, 7) is 4.73. The normalized spacial score (nSPS) is 19.4. The third-order valence-corrected chi connectivity index (χ3v) is 5.01. The van der Waals surface area contributed by atoms with Crippen LogP contribution in [0.4, 0.5) is 5.69 Å². The van der Waals surface area contributed by atoms with Gasteiger partial charge in [-0.2, -0.15) is 0 Å². The molecular formula is C16H23Cl2N. The van der Waals surface area contributed by atoms with Crippen LogP contribution in [0.1, 0.15) is 45.1 Å². The van der Waals surface area contributed by atoms with E-state index in [0.717, 1.165) is 16.3 Å². The molecule has 0 aromatic heterocycles. The number of alkyl halides is 1. The fourth-order valence-electron chi connectivity index (χ4n) is 2.89. The standard InChI is InChI=1S/C16H23Cl2N/c1-16(2)8-6-13(7-9-16)19(3)15-5-4-12(11-17)10-14(15)18/h4-5,10,13H,6-9,11H2,1-3H3. The Morgan fingerprint density at radius 3 is 2.42 bits per heavy atom. The first-order chi connectivity index (χ1) is 8.93. The predicted molar refractivity (Wildman–Crippen MR) is 85.4 cm³/mol. The van der Waals surface area contributed by atoms with Gasteiger partial charge in [-0.15, -0.1) is 11.6 Å². The molecule has 3 heteroatoms. The Morgan fingerprint density at radius 2 is 1.89 bits per heavy atom. The Hall–Kier alpha value is -0.400. The van der Waals surface area contributed by atoms with E-state index >= 15 is 0 Å². The summed E-state index contributed by atoms with van der Waals surface area (Å²) in [5, 5.41) is 0.811. The van der Waals surface area contributed by atoms with E-state index in [-0.39, 0.29) is 0 Å². The van der Waals surface area contributed by atoms with E-state index in [1.54, 1.807) is 0 Å². The lowest BCUT2D eigenvalue weighted by molar-refractivity contribution is 0.222. The van der Waals surface area contributed by atoms with Crippen molar-refractivity contribution in [2.75, 3.05) is 11.9 Å². The van der Waals surface area contributed by atoms with Crippen molar-refractivity contribution in [2.24, 2.45) is 5.41 Å². The summed E-state index contributed by atoms with van der Waals surface area (Å²) >= 11 is 12.2. The molecule has 1 fully saturated rings. The zero-order chi connectivity index (χ0) is 14.0. The van der Waals surface area contributed by atoms with Gasteiger partial charge in [0, 0.05) is 19.0 Å². The molecular weight excluding hydrogens is 277 g/mol. The van der Waals surface area contributed by atoms with E-state index in [4.69, 9.17) is 23.2 Å². The van der Waals surface area contributed by atoms with Crippen molar-refractivity contribution < 1.29 is 0 Å². The van der Waals surface area contributed by atoms with Gasteiger partial charge in [0.1, 0.15) is 0 Å². The summed E-state index contributed by atoms with van der Waals surface area (Å²) < 4.78 is 0. The molecule has 2 rings (SSSR count). The molecule has 0 atom stereocenters. The molecule has 19 heavy (non-hydrogen) atoms. The highest BCUT2D eigenvalue weighted by atomic mass is 35.5. The number of anilines is 1. The maximum Gasteiger partial charge on any atom is 0.0642 e. The largest absolute Gasteiger partial charge is 0.370 e. The van der Waals surface area contributed by atoms with Crippen LogP contribution in [-0.2, 0) is 5.88 Å². The molecule has 1 saturated carbocycles. The van der Waals surface area contributed by atoms with Crippen LogP contribution in [0.25, 0.3) is 0 Å². The molecule has 0 amide bonds. The molecule has 0 spiro atoms. The van der Waals surface area contributed by atoms with Crippen molar-refractivity contribution in [3.05, 3.63) is 28.8 Å². The van der Waals surface area contributed by atoms with Crippen molar-refractivity contribution in [1.29, 1.82) is 0 Å². The minimum atomic E-state index is 0.504. The molecule has 1 aromatic carbocycles. The van der Waals surface area contributed by atoms with E-state index in [9.17, 15) is 0 Å². The van der Waals surface area contributed by atoms with Gasteiger partial charge in [0.05, 0.1) is 10.7 Å². The van der Waals surface area contributed by atoms with Gasteiger partial charge in [0.25, 0.3) is 0 Å². The van der Waals surface area contributed by atoms with E-state index in [1.807, 2.05) is 6.07 Å². The minimum Gasteiger partial charge on any atom is -0.370 e. The molecule has 0 aliphatic heterocycles. The molecule has 0 heterocycles. The van der Waals surface area contributed by atoms with Gasteiger partial charge in [-0.25, -0.2) is 0 Å². The van der Waals surface area contributed by atoms with E-state index in [2.05, 4.69) is 37.9 Å². The fraction of sp³-hybridized carbons (Fsp3) is 0.625. The van der Waals surface area contributed by atoms with E-state index < -0.39 is 0 Å². The highest BCUT2D eigenvalue weighted by molar-refractivity contribution is 6.33. The van der Waals surface area contributed by atoms with Crippen molar-refractivity contribution in [1.82, 2.24) is 0 Å². The average molecular weight is 300 g/mol. The van der Waals surface area contributed by atoms with Crippen molar-refractivity contribution in [3.63, 3.8) is 0 Å². The van der Waals surface area contributed by atoms with Gasteiger partial charge in [-0.05, 0) is 48.8 Å². The molecule has 0 bridgehead atoms. The third-order valence-electron chi connectivity index (χ3n) is 4.40. The monoisotopic (exact) mass is 299 g/mol. The van der Waals surface area contributed by atoms with Crippen LogP contribution in [0.2, 0.25) is 5.02 Å². The van der Waals surface area contributed by atoms with Gasteiger partial charge in [-0.1, -0.05) is 31.5 Å². The van der Waals surface area contributed by atoms with Crippen LogP contribution in [0.15, 0.2) is 18.2 Å². The van der Waals surface area contributed by atoms with Crippen LogP contribution in [0.3, 0.4) is 0 Å². The Kier molecular flexibility index (Phi) is 4.68. The summed E-state index contributed by atoms with van der Waals surface area (Å²) in [6, 6.07) is 6.75. The maximum atomic E-state index is 6.38. The molecule has 1 aliphatic carbocycles. The van der Waals surface area contributed by atoms with Gasteiger partial charge < -0.3 is 4.90 Å². The second-order valence-corrected chi connectivity index (χ2v) is 7.10. The summed E-state index contributed by atoms with van der Waals surface area (Å²) in [6.07, 6.45) is 5.08. The van der Waals surface area contributed by atoms with E-state index in [1.165, 1.54) is 25.7 Å². The van der Waals surface area contributed by atoms with Crippen LogP contribution in [0, 0.1) is 5.41 Å². The van der Waals surface area contributed by atoms with Crippen LogP contribution >= 0.6 is 23.2 Å². The SMILES string of the molecule is CN(c1ccc(CCl)cc1Cl)C1CCC(C)(C)CC1. The molecule has 0 radical (unpaired) electrons. The second-order valence-electron chi connectivity index (χ2n) is 6.43. The maximum absolute atomic E-state index is 6.38. The Balaban J connectivity index is 2.10. The van der Waals surface area contributed by atoms with Crippen molar-refractivity contribution in [2.45, 2.75) is 51.5 Å². The molecule has 0 saturated heterocycles. The Morgan fingerprint density at radius 1 is 1.26 bits per heavy atom. The molecule has 0 N–H and O–H groups in total. The first-order valence-corrected chi connectivity index (χ1v) is 7.91. The number of nitrogens with zero attached hydrogens (tertiary/aromatic N) is 1. The molecule has 0 unspecified atom stereocenters. The Labute approximate surface area is 126 Å². The smallest absolute Gasteiger partial charge is 0.0642 e. The van der Waals surface area contributed by atoms with Gasteiger partial charge in [0.15, 0.2) is 0 Å². The highest BCUT2D eigenvalue weighted by Crippen LogP contribution is 2.39. The van der Waals surface area contributed by atoms with Crippen molar-refractivity contribution >= 4 is 28.9 Å². The lowest BCUT2D eigenvalue weighted by Crippen LogP contribution is -2.37. The highest BCUT2D eigenvalue weighted by Gasteiger charge is 2.29. The lowest BCUT2D eigenvalue weighted by Gasteiger charge is -2.39. The van der Waals surface area contributed by atoms with Gasteiger partial charge in [0.2, 0.25) is 0 Å². The quantitative estimate of drug-likeness (QED) is 0.668. The van der Waals surface area contributed by atoms with Crippen LogP contribution in [0.5, 0.6) is 0 Å². The first-order valence-electron chi connectivity index (χ1n) is 7.00. The first kappa shape index (κ1) is 15.0. The number of hydrogen-bond acceptors (Lipinski definition) is 1. The van der Waals surface area contributed by atoms with Crippen LogP contribution < -0.4 is 4.90 Å². The lowest BCUT2D eigenvalue weighted by atomic mass is 9.75. The fourth-order valence-corrected chi connectivity index (χ4v) is 3.39. The summed E-state index contributed by atoms with van der Waals surface area (Å²) in [5.41, 5.74) is 2.71. The second kappa shape index (κ2) is 5.93. The number of benzene rings is 1. The predicted octanol–water partition coefficient (Wildman–Crippen LogP) is 5.48.